The van der Waals surface area contributed by atoms with Crippen molar-refractivity contribution in [1.82, 2.24) is 10.2 Å². The van der Waals surface area contributed by atoms with Crippen molar-refractivity contribution in [3.05, 3.63) is 128 Å². The summed E-state index contributed by atoms with van der Waals surface area (Å²) in [4.78, 5) is 29.8. The molecule has 0 unspecified atom stereocenters. The average molecular weight is 701 g/mol. The quantitative estimate of drug-likeness (QED) is 0.156. The summed E-state index contributed by atoms with van der Waals surface area (Å²) in [5.74, 6) is -0.945. The Labute approximate surface area is 286 Å². The fourth-order valence-corrected chi connectivity index (χ4v) is 6.91. The number of carbonyl (C=O) groups is 2. The molecule has 0 saturated carbocycles. The molecule has 0 aliphatic rings. The van der Waals surface area contributed by atoms with Crippen molar-refractivity contribution in [2.24, 2.45) is 0 Å². The predicted octanol–water partition coefficient (Wildman–Crippen LogP) is 7.63. The van der Waals surface area contributed by atoms with Gasteiger partial charge in [0.05, 0.1) is 20.6 Å². The Morgan fingerprint density at radius 2 is 1.52 bits per heavy atom. The second kappa shape index (κ2) is 15.8. The lowest BCUT2D eigenvalue weighted by Gasteiger charge is -2.34. The number of benzene rings is 4. The number of halogens is 3. The van der Waals surface area contributed by atoms with E-state index in [0.29, 0.717) is 39.2 Å². The van der Waals surface area contributed by atoms with E-state index < -0.39 is 28.5 Å². The Kier molecular flexibility index (Phi) is 12.1. The maximum absolute atomic E-state index is 14.6. The summed E-state index contributed by atoms with van der Waals surface area (Å²) in [6, 6.07) is 24.6. The van der Waals surface area contributed by atoms with Gasteiger partial charge in [0.15, 0.2) is 0 Å². The van der Waals surface area contributed by atoms with E-state index >= 15 is 0 Å². The average Bonchev–Trinajstić information content (AvgIpc) is 3.03. The summed E-state index contributed by atoms with van der Waals surface area (Å²) < 4.78 is 29.5. The molecular formula is C35H36Cl3N3O4S. The van der Waals surface area contributed by atoms with E-state index in [1.54, 1.807) is 49.4 Å². The van der Waals surface area contributed by atoms with Crippen molar-refractivity contribution in [2.45, 2.75) is 51.1 Å². The topological polar surface area (TPSA) is 86.8 Å². The van der Waals surface area contributed by atoms with E-state index in [1.165, 1.54) is 23.1 Å². The van der Waals surface area contributed by atoms with Gasteiger partial charge in [-0.2, -0.15) is 0 Å². The summed E-state index contributed by atoms with van der Waals surface area (Å²) in [6.07, 6.45) is 0.894. The van der Waals surface area contributed by atoms with Gasteiger partial charge in [-0.25, -0.2) is 8.42 Å². The number of sulfonamides is 1. The van der Waals surface area contributed by atoms with Crippen LogP contribution in [0.4, 0.5) is 5.69 Å². The minimum Gasteiger partial charge on any atom is -0.354 e. The number of anilines is 1. The molecule has 0 aliphatic heterocycles. The molecule has 4 aromatic rings. The number of nitrogens with zero attached hydrogens (tertiary/aromatic N) is 2. The molecule has 242 valence electrons. The van der Waals surface area contributed by atoms with Gasteiger partial charge in [0.2, 0.25) is 11.8 Å². The van der Waals surface area contributed by atoms with Crippen LogP contribution in [-0.4, -0.2) is 44.3 Å². The maximum Gasteiger partial charge on any atom is 0.264 e. The number of aryl methyl sites for hydroxylation is 2. The Morgan fingerprint density at radius 3 is 2.17 bits per heavy atom. The van der Waals surface area contributed by atoms with Crippen LogP contribution in [-0.2, 0) is 32.6 Å². The minimum absolute atomic E-state index is 0.0165. The van der Waals surface area contributed by atoms with Crippen LogP contribution < -0.4 is 9.62 Å². The highest BCUT2D eigenvalue weighted by Crippen LogP contribution is 2.31. The fraction of sp³-hybridized carbons (Fsp3) is 0.257. The molecular weight excluding hydrogens is 665 g/mol. The first kappa shape index (κ1) is 35.3. The van der Waals surface area contributed by atoms with Gasteiger partial charge in [-0.15, -0.1) is 0 Å². The first-order chi connectivity index (χ1) is 21.9. The second-order valence-corrected chi connectivity index (χ2v) is 14.1. The number of hydrogen-bond donors (Lipinski definition) is 1. The van der Waals surface area contributed by atoms with Gasteiger partial charge in [0.25, 0.3) is 10.0 Å². The van der Waals surface area contributed by atoms with Crippen molar-refractivity contribution in [3.63, 3.8) is 0 Å². The van der Waals surface area contributed by atoms with E-state index in [-0.39, 0.29) is 29.5 Å². The highest BCUT2D eigenvalue weighted by atomic mass is 35.5. The number of carbonyl (C=O) groups excluding carboxylic acids is 2. The predicted molar refractivity (Wildman–Crippen MR) is 186 cm³/mol. The van der Waals surface area contributed by atoms with Crippen molar-refractivity contribution < 1.29 is 18.0 Å². The number of hydrogen-bond acceptors (Lipinski definition) is 4. The van der Waals surface area contributed by atoms with Gasteiger partial charge in [-0.1, -0.05) is 102 Å². The zero-order valence-electron chi connectivity index (χ0n) is 25.8. The van der Waals surface area contributed by atoms with Crippen molar-refractivity contribution in [2.75, 3.05) is 17.4 Å². The van der Waals surface area contributed by atoms with Crippen LogP contribution in [0.1, 0.15) is 35.6 Å². The summed E-state index contributed by atoms with van der Waals surface area (Å²) in [7, 11) is -4.25. The zero-order valence-corrected chi connectivity index (χ0v) is 28.9. The summed E-state index contributed by atoms with van der Waals surface area (Å²) in [6.45, 7) is 5.33. The van der Waals surface area contributed by atoms with Gasteiger partial charge in [0, 0.05) is 24.5 Å². The van der Waals surface area contributed by atoms with E-state index in [4.69, 9.17) is 34.8 Å². The Bertz CT molecular complexity index is 1790. The lowest BCUT2D eigenvalue weighted by Crippen LogP contribution is -2.53. The molecule has 0 aromatic heterocycles. The third-order valence-corrected chi connectivity index (χ3v) is 10.2. The van der Waals surface area contributed by atoms with Gasteiger partial charge in [-0.05, 0) is 73.4 Å². The van der Waals surface area contributed by atoms with Gasteiger partial charge < -0.3 is 10.2 Å². The van der Waals surface area contributed by atoms with E-state index in [9.17, 15) is 18.0 Å². The molecule has 46 heavy (non-hydrogen) atoms. The second-order valence-electron chi connectivity index (χ2n) is 11.0. The monoisotopic (exact) mass is 699 g/mol. The molecule has 0 spiro atoms. The summed E-state index contributed by atoms with van der Waals surface area (Å²) in [5.41, 5.74) is 3.20. The molecule has 0 aliphatic carbocycles. The molecule has 4 aromatic carbocycles. The largest absolute Gasteiger partial charge is 0.354 e. The van der Waals surface area contributed by atoms with Crippen LogP contribution in [0.25, 0.3) is 0 Å². The molecule has 11 heteroatoms. The van der Waals surface area contributed by atoms with Gasteiger partial charge >= 0.3 is 0 Å². The van der Waals surface area contributed by atoms with Crippen LogP contribution in [0.5, 0.6) is 0 Å². The highest BCUT2D eigenvalue weighted by molar-refractivity contribution is 7.92. The van der Waals surface area contributed by atoms with E-state index in [1.807, 2.05) is 44.2 Å². The number of amides is 2. The zero-order chi connectivity index (χ0) is 33.4. The SMILES string of the molecule is CCCNC(=O)[C@@H](Cc1ccccc1)N(Cc1ccc(Cl)c(Cl)c1)C(=O)CN(c1cc(Cl)ccc1C)S(=O)(=O)c1ccc(C)cc1. The Morgan fingerprint density at radius 1 is 0.826 bits per heavy atom. The lowest BCUT2D eigenvalue weighted by molar-refractivity contribution is -0.140. The summed E-state index contributed by atoms with van der Waals surface area (Å²) in [5, 5.41) is 3.87. The third-order valence-electron chi connectivity index (χ3n) is 7.48. The lowest BCUT2D eigenvalue weighted by atomic mass is 10.0. The third kappa shape index (κ3) is 8.82. The van der Waals surface area contributed by atoms with Crippen LogP contribution in [0.2, 0.25) is 15.1 Å². The van der Waals surface area contributed by atoms with Gasteiger partial charge in [-0.3, -0.25) is 13.9 Å². The van der Waals surface area contributed by atoms with Crippen LogP contribution in [0.15, 0.2) is 95.9 Å². The van der Waals surface area contributed by atoms with Crippen molar-refractivity contribution in [3.8, 4) is 0 Å². The molecule has 7 nitrogen and oxygen atoms in total. The van der Waals surface area contributed by atoms with Crippen LogP contribution in [0, 0.1) is 13.8 Å². The molecule has 0 saturated heterocycles. The number of rotatable bonds is 13. The van der Waals surface area contributed by atoms with Gasteiger partial charge in [0.1, 0.15) is 12.6 Å². The maximum atomic E-state index is 14.6. The Balaban J connectivity index is 1.84. The van der Waals surface area contributed by atoms with E-state index in [2.05, 4.69) is 5.32 Å². The molecule has 1 atom stereocenters. The smallest absolute Gasteiger partial charge is 0.264 e. The van der Waals surface area contributed by atoms with E-state index in [0.717, 1.165) is 15.4 Å². The first-order valence-electron chi connectivity index (χ1n) is 14.8. The molecule has 0 radical (unpaired) electrons. The van der Waals surface area contributed by atoms with Crippen molar-refractivity contribution >= 4 is 62.3 Å². The van der Waals surface area contributed by atoms with Crippen LogP contribution in [0.3, 0.4) is 0 Å². The number of nitrogens with one attached hydrogen (secondary N) is 1. The normalized spacial score (nSPS) is 12.0. The fourth-order valence-electron chi connectivity index (χ4n) is 4.96. The molecule has 1 N–H and O–H groups in total. The molecule has 4 rings (SSSR count). The minimum atomic E-state index is -4.25. The molecule has 0 fully saturated rings. The standard InChI is InChI=1S/C35H36Cl3N3O4S/c1-4-18-39-35(43)33(20-26-8-6-5-7-9-26)40(22-27-13-17-30(37)31(38)19-27)34(42)23-41(32-21-28(36)14-12-25(32)3)46(44,45)29-15-10-24(2)11-16-29/h5-17,19,21,33H,4,18,20,22-23H2,1-3H3,(H,39,43)/t33-/m1/s1. The van der Waals surface area contributed by atoms with Crippen LogP contribution >= 0.6 is 34.8 Å². The molecule has 0 bridgehead atoms. The summed E-state index contributed by atoms with van der Waals surface area (Å²) >= 11 is 18.9. The first-order valence-corrected chi connectivity index (χ1v) is 17.4. The van der Waals surface area contributed by atoms with Crippen molar-refractivity contribution in [1.29, 1.82) is 0 Å². The molecule has 2 amide bonds. The molecule has 0 heterocycles. The Hall–Kier alpha value is -3.56. The highest BCUT2D eigenvalue weighted by Gasteiger charge is 2.35.